The van der Waals surface area contributed by atoms with Crippen molar-refractivity contribution in [3.8, 4) is 0 Å². The molecule has 114 valence electrons. The number of furan rings is 1. The first-order chi connectivity index (χ1) is 10.1. The molecule has 7 nitrogen and oxygen atoms in total. The molecule has 1 fully saturated rings. The molecule has 2 rings (SSSR count). The number of hydrogen-bond acceptors (Lipinski definition) is 5. The van der Waals surface area contributed by atoms with E-state index in [1.807, 2.05) is 0 Å². The van der Waals surface area contributed by atoms with Gasteiger partial charge in [0.2, 0.25) is 5.91 Å². The zero-order valence-electron chi connectivity index (χ0n) is 11.8. The Kier molecular flexibility index (Phi) is 5.51. The molecule has 7 heteroatoms. The molecule has 0 spiro atoms. The molecule has 0 unspecified atom stereocenters. The predicted octanol–water partition coefficient (Wildman–Crippen LogP) is 1.80. The smallest absolute Gasteiger partial charge is 0.401 e. The van der Waals surface area contributed by atoms with Crippen LogP contribution in [-0.2, 0) is 4.79 Å². The molecule has 2 heterocycles. The van der Waals surface area contributed by atoms with Crippen LogP contribution in [0.3, 0.4) is 0 Å². The monoisotopic (exact) mass is 293 g/mol. The van der Waals surface area contributed by atoms with Crippen molar-refractivity contribution in [3.63, 3.8) is 0 Å². The van der Waals surface area contributed by atoms with E-state index in [1.54, 1.807) is 0 Å². The van der Waals surface area contributed by atoms with Gasteiger partial charge in [0, 0.05) is 19.2 Å². The number of rotatable bonds is 6. The molecule has 1 N–H and O–H groups in total. The Morgan fingerprint density at radius 3 is 2.81 bits per heavy atom. The quantitative estimate of drug-likeness (QED) is 0.491. The predicted molar refractivity (Wildman–Crippen MR) is 77.7 cm³/mol. The van der Waals surface area contributed by atoms with Crippen molar-refractivity contribution >= 4 is 17.9 Å². The highest BCUT2D eigenvalue weighted by Gasteiger charge is 2.11. The Balaban J connectivity index is 1.70. The van der Waals surface area contributed by atoms with Crippen LogP contribution >= 0.6 is 0 Å². The maximum Gasteiger partial charge on any atom is 0.433 e. The number of piperidine rings is 1. The van der Waals surface area contributed by atoms with Gasteiger partial charge in [-0.25, -0.2) is 0 Å². The van der Waals surface area contributed by atoms with Crippen LogP contribution in [0.2, 0.25) is 0 Å². The minimum atomic E-state index is -0.615. The first kappa shape index (κ1) is 15.2. The van der Waals surface area contributed by atoms with Crippen LogP contribution in [0, 0.1) is 10.1 Å². The van der Waals surface area contributed by atoms with E-state index >= 15 is 0 Å². The van der Waals surface area contributed by atoms with Crippen LogP contribution in [0.15, 0.2) is 22.6 Å². The van der Waals surface area contributed by atoms with Gasteiger partial charge in [0.05, 0.1) is 6.07 Å². The lowest BCUT2D eigenvalue weighted by molar-refractivity contribution is -0.402. The maximum atomic E-state index is 11.6. The van der Waals surface area contributed by atoms with E-state index in [0.717, 1.165) is 19.6 Å². The molecule has 1 aromatic rings. The van der Waals surface area contributed by atoms with Crippen molar-refractivity contribution < 1.29 is 14.1 Å². The highest BCUT2D eigenvalue weighted by atomic mass is 16.6. The molecule has 0 aliphatic carbocycles. The zero-order chi connectivity index (χ0) is 15.1. The number of hydrogen-bond donors (Lipinski definition) is 1. The summed E-state index contributed by atoms with van der Waals surface area (Å²) < 4.78 is 4.92. The molecule has 21 heavy (non-hydrogen) atoms. The van der Waals surface area contributed by atoms with Gasteiger partial charge in [-0.2, -0.15) is 0 Å². The van der Waals surface area contributed by atoms with Crippen molar-refractivity contribution in [1.29, 1.82) is 0 Å². The molecule has 0 bridgehead atoms. The number of nitrogens with zero attached hydrogens (tertiary/aromatic N) is 2. The molecular weight excluding hydrogens is 274 g/mol. The average Bonchev–Trinajstić information content (AvgIpc) is 2.95. The lowest BCUT2D eigenvalue weighted by Crippen LogP contribution is -2.37. The van der Waals surface area contributed by atoms with Gasteiger partial charge in [-0.3, -0.25) is 14.9 Å². The van der Waals surface area contributed by atoms with Crippen LogP contribution in [0.1, 0.15) is 25.0 Å². The number of amides is 1. The number of nitro groups is 1. The highest BCUT2D eigenvalue weighted by Crippen LogP contribution is 2.16. The minimum Gasteiger partial charge on any atom is -0.401 e. The fourth-order valence-electron chi connectivity index (χ4n) is 2.27. The summed E-state index contributed by atoms with van der Waals surface area (Å²) in [5.74, 6) is -0.279. The molecule has 1 aromatic heterocycles. The Morgan fingerprint density at radius 1 is 1.38 bits per heavy atom. The van der Waals surface area contributed by atoms with E-state index in [4.69, 9.17) is 4.42 Å². The van der Waals surface area contributed by atoms with Gasteiger partial charge in [-0.1, -0.05) is 6.42 Å². The zero-order valence-corrected chi connectivity index (χ0v) is 11.8. The van der Waals surface area contributed by atoms with Crippen LogP contribution in [-0.4, -0.2) is 41.9 Å². The van der Waals surface area contributed by atoms with E-state index in [0.29, 0.717) is 6.54 Å². The summed E-state index contributed by atoms with van der Waals surface area (Å²) in [6.07, 6.45) is 6.49. The first-order valence-electron chi connectivity index (χ1n) is 7.07. The van der Waals surface area contributed by atoms with Gasteiger partial charge in [-0.05, 0) is 38.1 Å². The normalized spacial score (nSPS) is 16.2. The number of carbonyl (C=O) groups excluding carboxylic acids is 1. The Hall–Kier alpha value is -2.15. The molecule has 0 atom stereocenters. The molecule has 1 aliphatic heterocycles. The van der Waals surface area contributed by atoms with Crippen molar-refractivity contribution in [2.45, 2.75) is 19.3 Å². The third-order valence-electron chi connectivity index (χ3n) is 3.37. The van der Waals surface area contributed by atoms with Crippen molar-refractivity contribution in [2.24, 2.45) is 0 Å². The average molecular weight is 293 g/mol. The topological polar surface area (TPSA) is 88.6 Å². The molecule has 0 radical (unpaired) electrons. The third kappa shape index (κ3) is 5.03. The van der Waals surface area contributed by atoms with Crippen molar-refractivity contribution in [3.05, 3.63) is 34.1 Å². The van der Waals surface area contributed by atoms with E-state index in [1.165, 1.54) is 43.5 Å². The van der Waals surface area contributed by atoms with Crippen molar-refractivity contribution in [1.82, 2.24) is 10.2 Å². The third-order valence-corrected chi connectivity index (χ3v) is 3.37. The fourth-order valence-corrected chi connectivity index (χ4v) is 2.27. The second-order valence-corrected chi connectivity index (χ2v) is 4.96. The summed E-state index contributed by atoms with van der Waals surface area (Å²) in [6.45, 7) is 3.65. The number of carbonyl (C=O) groups is 1. The van der Waals surface area contributed by atoms with Crippen LogP contribution in [0.25, 0.3) is 6.08 Å². The Morgan fingerprint density at radius 2 is 2.14 bits per heavy atom. The van der Waals surface area contributed by atoms with E-state index in [9.17, 15) is 14.9 Å². The maximum absolute atomic E-state index is 11.6. The lowest BCUT2D eigenvalue weighted by atomic mass is 10.1. The van der Waals surface area contributed by atoms with Crippen molar-refractivity contribution in [2.75, 3.05) is 26.2 Å². The molecule has 0 saturated carbocycles. The second-order valence-electron chi connectivity index (χ2n) is 4.96. The van der Waals surface area contributed by atoms with Crippen LogP contribution < -0.4 is 5.32 Å². The van der Waals surface area contributed by atoms with Gasteiger partial charge < -0.3 is 14.6 Å². The Bertz CT molecular complexity index is 518. The molecule has 0 aromatic carbocycles. The summed E-state index contributed by atoms with van der Waals surface area (Å²) in [5, 5.41) is 13.2. The second kappa shape index (κ2) is 7.58. The van der Waals surface area contributed by atoms with E-state index in [2.05, 4.69) is 10.2 Å². The van der Waals surface area contributed by atoms with Gasteiger partial charge in [0.25, 0.3) is 0 Å². The summed E-state index contributed by atoms with van der Waals surface area (Å²) in [7, 11) is 0. The molecular formula is C14H19N3O4. The van der Waals surface area contributed by atoms with E-state index < -0.39 is 4.92 Å². The van der Waals surface area contributed by atoms with Gasteiger partial charge in [0.1, 0.15) is 10.7 Å². The lowest BCUT2D eigenvalue weighted by Gasteiger charge is -2.26. The SMILES string of the molecule is O=C(C=Cc1ccc([N+](=O)[O-])o1)NCCN1CCCCC1. The summed E-state index contributed by atoms with van der Waals surface area (Å²) in [4.78, 5) is 23.8. The van der Waals surface area contributed by atoms with Crippen LogP contribution in [0.4, 0.5) is 5.88 Å². The minimum absolute atomic E-state index is 0.230. The fraction of sp³-hybridized carbons (Fsp3) is 0.500. The number of nitrogens with one attached hydrogen (secondary N) is 1. The largest absolute Gasteiger partial charge is 0.433 e. The molecule has 1 saturated heterocycles. The first-order valence-corrected chi connectivity index (χ1v) is 7.07. The summed E-state index contributed by atoms with van der Waals surface area (Å²) in [6, 6.07) is 2.71. The Labute approximate surface area is 122 Å². The molecule has 1 amide bonds. The summed E-state index contributed by atoms with van der Waals surface area (Å²) in [5.41, 5.74) is 0. The van der Waals surface area contributed by atoms with Crippen LogP contribution in [0.5, 0.6) is 0 Å². The summed E-state index contributed by atoms with van der Waals surface area (Å²) >= 11 is 0. The highest BCUT2D eigenvalue weighted by molar-refractivity contribution is 5.91. The van der Waals surface area contributed by atoms with Gasteiger partial charge in [0.15, 0.2) is 0 Å². The van der Waals surface area contributed by atoms with Gasteiger partial charge in [-0.15, -0.1) is 0 Å². The molecule has 1 aliphatic rings. The van der Waals surface area contributed by atoms with E-state index in [-0.39, 0.29) is 17.6 Å². The van der Waals surface area contributed by atoms with Gasteiger partial charge >= 0.3 is 5.88 Å². The standard InChI is InChI=1S/C14H19N3O4/c18-13(15-8-11-16-9-2-1-3-10-16)6-4-12-5-7-14(21-12)17(19)20/h4-7H,1-3,8-11H2,(H,15,18). The number of likely N-dealkylation sites (tertiary alicyclic amines) is 1.